The van der Waals surface area contributed by atoms with Crippen molar-refractivity contribution in [3.63, 3.8) is 0 Å². The van der Waals surface area contributed by atoms with Gasteiger partial charge < -0.3 is 4.90 Å². The van der Waals surface area contributed by atoms with Gasteiger partial charge >= 0.3 is 0 Å². The number of rotatable bonds is 4. The number of para-hydroxylation sites is 1. The SMILES string of the molecule is N#CC1(C#N)C(c2cccc([N+](=O)[O-])c2)C(C(=O)C2CC2)N2c3ccccc3C=CC21. The second kappa shape index (κ2) is 6.78. The molecule has 31 heavy (non-hydrogen) atoms. The Bertz CT molecular complexity index is 1200. The average Bonchev–Trinajstić information content (AvgIpc) is 3.60. The zero-order valence-electron chi connectivity index (χ0n) is 16.5. The van der Waals surface area contributed by atoms with Crippen molar-refractivity contribution in [2.75, 3.05) is 4.90 Å². The molecule has 2 fully saturated rings. The average molecular weight is 410 g/mol. The Kier molecular flexibility index (Phi) is 4.16. The molecule has 7 heteroatoms. The Morgan fingerprint density at radius 2 is 1.87 bits per heavy atom. The quantitative estimate of drug-likeness (QED) is 0.557. The smallest absolute Gasteiger partial charge is 0.269 e. The predicted molar refractivity (Wildman–Crippen MR) is 113 cm³/mol. The molecule has 5 rings (SSSR count). The summed E-state index contributed by atoms with van der Waals surface area (Å²) in [6.45, 7) is 0. The molecule has 152 valence electrons. The third kappa shape index (κ3) is 2.67. The maximum absolute atomic E-state index is 13.6. The third-order valence-corrected chi connectivity index (χ3v) is 6.63. The maximum Gasteiger partial charge on any atom is 0.269 e. The van der Waals surface area contributed by atoms with E-state index in [2.05, 4.69) is 12.1 Å². The summed E-state index contributed by atoms with van der Waals surface area (Å²) in [5.74, 6) is -0.909. The van der Waals surface area contributed by atoms with Gasteiger partial charge in [0.2, 0.25) is 0 Å². The summed E-state index contributed by atoms with van der Waals surface area (Å²) in [6, 6.07) is 16.7. The fourth-order valence-corrected chi connectivity index (χ4v) is 5.07. The molecule has 3 aliphatic rings. The Morgan fingerprint density at radius 1 is 1.13 bits per heavy atom. The van der Waals surface area contributed by atoms with Crippen LogP contribution < -0.4 is 4.90 Å². The van der Waals surface area contributed by atoms with Crippen LogP contribution in [0.25, 0.3) is 6.08 Å². The van der Waals surface area contributed by atoms with Gasteiger partial charge in [0.05, 0.1) is 29.1 Å². The minimum atomic E-state index is -1.56. The normalized spacial score (nSPS) is 25.1. The highest BCUT2D eigenvalue weighted by atomic mass is 16.6. The number of benzene rings is 2. The number of non-ortho nitro benzene ring substituents is 1. The van der Waals surface area contributed by atoms with Gasteiger partial charge in [-0.05, 0) is 30.0 Å². The summed E-state index contributed by atoms with van der Waals surface area (Å²) >= 11 is 0. The highest BCUT2D eigenvalue weighted by Gasteiger charge is 2.64. The van der Waals surface area contributed by atoms with Gasteiger partial charge in [-0.2, -0.15) is 10.5 Å². The van der Waals surface area contributed by atoms with E-state index in [1.54, 1.807) is 12.1 Å². The van der Waals surface area contributed by atoms with Gasteiger partial charge in [0.25, 0.3) is 5.69 Å². The minimum Gasteiger partial charge on any atom is -0.351 e. The number of nitrogens with zero attached hydrogens (tertiary/aromatic N) is 4. The van der Waals surface area contributed by atoms with Crippen molar-refractivity contribution in [3.8, 4) is 12.1 Å². The van der Waals surface area contributed by atoms with Gasteiger partial charge in [-0.25, -0.2) is 0 Å². The van der Waals surface area contributed by atoms with Crippen molar-refractivity contribution in [2.24, 2.45) is 11.3 Å². The molecule has 1 saturated carbocycles. The van der Waals surface area contributed by atoms with E-state index in [0.29, 0.717) is 5.56 Å². The highest BCUT2D eigenvalue weighted by Crippen LogP contribution is 2.56. The maximum atomic E-state index is 13.6. The van der Waals surface area contributed by atoms with Gasteiger partial charge in [-0.3, -0.25) is 14.9 Å². The molecule has 0 amide bonds. The lowest BCUT2D eigenvalue weighted by Gasteiger charge is -2.35. The number of nitro benzene ring substituents is 1. The van der Waals surface area contributed by atoms with Crippen molar-refractivity contribution >= 4 is 23.2 Å². The molecule has 0 aromatic heterocycles. The minimum absolute atomic E-state index is 0.000941. The molecule has 3 atom stereocenters. The fourth-order valence-electron chi connectivity index (χ4n) is 5.07. The van der Waals surface area contributed by atoms with Crippen LogP contribution in [0.3, 0.4) is 0 Å². The number of nitro groups is 1. The van der Waals surface area contributed by atoms with E-state index in [4.69, 9.17) is 0 Å². The first-order chi connectivity index (χ1) is 15.0. The first kappa shape index (κ1) is 19.0. The van der Waals surface area contributed by atoms with E-state index in [-0.39, 0.29) is 17.4 Å². The third-order valence-electron chi connectivity index (χ3n) is 6.63. The monoisotopic (exact) mass is 410 g/mol. The van der Waals surface area contributed by atoms with Crippen LogP contribution in [-0.2, 0) is 4.79 Å². The highest BCUT2D eigenvalue weighted by molar-refractivity contribution is 5.95. The number of ketones is 1. The second-order valence-corrected chi connectivity index (χ2v) is 8.31. The molecule has 2 heterocycles. The number of carbonyl (C=O) groups is 1. The van der Waals surface area contributed by atoms with Crippen molar-refractivity contribution in [1.82, 2.24) is 0 Å². The molecule has 0 bridgehead atoms. The van der Waals surface area contributed by atoms with E-state index in [0.717, 1.165) is 24.1 Å². The van der Waals surface area contributed by atoms with Crippen LogP contribution in [0.2, 0.25) is 0 Å². The van der Waals surface area contributed by atoms with Gasteiger partial charge in [0.1, 0.15) is 0 Å². The van der Waals surface area contributed by atoms with E-state index in [1.165, 1.54) is 12.1 Å². The standard InChI is InChI=1S/C24H18N4O3/c25-13-24(14-26)20-11-10-15-4-1-2-7-19(15)27(20)22(23(29)16-8-9-16)21(24)17-5-3-6-18(12-17)28(30)31/h1-7,10-12,16,20-22H,8-9H2. The molecular formula is C24H18N4O3. The fraction of sp³-hybridized carbons (Fsp3) is 0.292. The van der Waals surface area contributed by atoms with Crippen LogP contribution in [0, 0.1) is 44.1 Å². The van der Waals surface area contributed by atoms with Gasteiger partial charge in [0, 0.05) is 29.7 Å². The van der Waals surface area contributed by atoms with Gasteiger partial charge in [-0.1, -0.05) is 42.5 Å². The van der Waals surface area contributed by atoms with Crippen LogP contribution in [0.15, 0.2) is 54.6 Å². The van der Waals surface area contributed by atoms with Crippen molar-refractivity contribution in [3.05, 3.63) is 75.8 Å². The van der Waals surface area contributed by atoms with Crippen LogP contribution in [0.1, 0.15) is 29.9 Å². The van der Waals surface area contributed by atoms with Gasteiger partial charge in [0.15, 0.2) is 11.2 Å². The summed E-state index contributed by atoms with van der Waals surface area (Å²) < 4.78 is 0. The summed E-state index contributed by atoms with van der Waals surface area (Å²) in [4.78, 5) is 26.4. The summed E-state index contributed by atoms with van der Waals surface area (Å²) in [5, 5.41) is 32.0. The molecule has 3 unspecified atom stereocenters. The van der Waals surface area contributed by atoms with Crippen LogP contribution in [0.5, 0.6) is 0 Å². The lowest BCUT2D eigenvalue weighted by atomic mass is 9.69. The van der Waals surface area contributed by atoms with Crippen molar-refractivity contribution in [2.45, 2.75) is 30.8 Å². The number of hydrogen-bond acceptors (Lipinski definition) is 6. The number of carbonyl (C=O) groups excluding carboxylic acids is 1. The Morgan fingerprint density at radius 3 is 2.55 bits per heavy atom. The summed E-state index contributed by atoms with van der Waals surface area (Å²) in [7, 11) is 0. The molecule has 7 nitrogen and oxygen atoms in total. The van der Waals surface area contributed by atoms with Gasteiger partial charge in [-0.15, -0.1) is 0 Å². The molecule has 2 aromatic carbocycles. The molecule has 2 aliphatic heterocycles. The number of hydrogen-bond donors (Lipinski definition) is 0. The topological polar surface area (TPSA) is 111 Å². The number of Topliss-reactive ketones (excluding diaryl/α,β-unsaturated/α-hetero) is 1. The van der Waals surface area contributed by atoms with E-state index in [9.17, 15) is 25.4 Å². The molecule has 2 aromatic rings. The Balaban J connectivity index is 1.77. The van der Waals surface area contributed by atoms with Crippen LogP contribution in [0.4, 0.5) is 11.4 Å². The van der Waals surface area contributed by atoms with Crippen molar-refractivity contribution < 1.29 is 9.72 Å². The molecular weight excluding hydrogens is 392 g/mol. The van der Waals surface area contributed by atoms with E-state index < -0.39 is 28.3 Å². The second-order valence-electron chi connectivity index (χ2n) is 8.31. The van der Waals surface area contributed by atoms with Crippen molar-refractivity contribution in [1.29, 1.82) is 10.5 Å². The zero-order valence-corrected chi connectivity index (χ0v) is 16.5. The Labute approximate surface area is 179 Å². The molecule has 1 aliphatic carbocycles. The largest absolute Gasteiger partial charge is 0.351 e. The molecule has 1 saturated heterocycles. The first-order valence-electron chi connectivity index (χ1n) is 10.2. The summed E-state index contributed by atoms with van der Waals surface area (Å²) in [5.41, 5.74) is 0.500. The zero-order chi connectivity index (χ0) is 21.8. The molecule has 0 radical (unpaired) electrons. The summed E-state index contributed by atoms with van der Waals surface area (Å²) in [6.07, 6.45) is 5.28. The van der Waals surface area contributed by atoms with Crippen LogP contribution >= 0.6 is 0 Å². The van der Waals surface area contributed by atoms with Crippen LogP contribution in [-0.4, -0.2) is 22.8 Å². The lowest BCUT2D eigenvalue weighted by molar-refractivity contribution is -0.384. The Hall–Kier alpha value is -3.97. The predicted octanol–water partition coefficient (Wildman–Crippen LogP) is 3.98. The molecule has 0 N–H and O–H groups in total. The lowest BCUT2D eigenvalue weighted by Crippen LogP contribution is -2.44. The van der Waals surface area contributed by atoms with E-state index >= 15 is 0 Å². The number of anilines is 1. The number of fused-ring (bicyclic) bond motifs is 3. The number of nitriles is 2. The molecule has 0 spiro atoms. The van der Waals surface area contributed by atoms with E-state index in [1.807, 2.05) is 41.3 Å². The first-order valence-corrected chi connectivity index (χ1v) is 10.2.